The Kier molecular flexibility index (Phi) is 4.18. The number of nitrogens with zero attached hydrogens (tertiary/aromatic N) is 6. The fourth-order valence-corrected chi connectivity index (χ4v) is 4.38. The SMILES string of the molecule is CCN(CC)CCn1c2ccccc2c2c1c1ccc(Cl)cc1n1nnnc21. The van der Waals surface area contributed by atoms with Crippen LogP contribution >= 0.6 is 11.6 Å². The average Bonchev–Trinajstić information content (AvgIpc) is 3.32. The lowest BCUT2D eigenvalue weighted by molar-refractivity contribution is 0.293. The first-order chi connectivity index (χ1) is 13.7. The maximum atomic E-state index is 6.30. The molecule has 0 unspecified atom stereocenters. The molecule has 0 aliphatic rings. The van der Waals surface area contributed by atoms with Crippen LogP contribution in [0.4, 0.5) is 0 Å². The van der Waals surface area contributed by atoms with E-state index in [2.05, 4.69) is 69.2 Å². The summed E-state index contributed by atoms with van der Waals surface area (Å²) in [6.07, 6.45) is 0. The maximum Gasteiger partial charge on any atom is 0.189 e. The molecule has 142 valence electrons. The van der Waals surface area contributed by atoms with Crippen molar-refractivity contribution in [3.05, 3.63) is 47.5 Å². The largest absolute Gasteiger partial charge is 0.339 e. The predicted molar refractivity (Wildman–Crippen MR) is 114 cm³/mol. The Morgan fingerprint density at radius 3 is 2.64 bits per heavy atom. The topological polar surface area (TPSA) is 51.2 Å². The quantitative estimate of drug-likeness (QED) is 0.445. The molecule has 0 bridgehead atoms. The van der Waals surface area contributed by atoms with Gasteiger partial charge in [0, 0.05) is 34.4 Å². The van der Waals surface area contributed by atoms with E-state index >= 15 is 0 Å². The minimum Gasteiger partial charge on any atom is -0.339 e. The molecule has 5 aromatic rings. The number of fused-ring (bicyclic) bond motifs is 8. The van der Waals surface area contributed by atoms with E-state index in [9.17, 15) is 0 Å². The van der Waals surface area contributed by atoms with E-state index in [1.165, 1.54) is 16.4 Å². The van der Waals surface area contributed by atoms with Crippen LogP contribution in [0.3, 0.4) is 0 Å². The van der Waals surface area contributed by atoms with Gasteiger partial charge in [-0.25, -0.2) is 0 Å². The Morgan fingerprint density at radius 1 is 1.00 bits per heavy atom. The minimum atomic E-state index is 0.675. The third-order valence-electron chi connectivity index (χ3n) is 5.64. The molecule has 0 aliphatic heterocycles. The van der Waals surface area contributed by atoms with Gasteiger partial charge in [-0.2, -0.15) is 4.52 Å². The Morgan fingerprint density at radius 2 is 1.82 bits per heavy atom. The normalized spacial score (nSPS) is 12.3. The summed E-state index contributed by atoms with van der Waals surface area (Å²) in [6, 6.07) is 14.4. The summed E-state index contributed by atoms with van der Waals surface area (Å²) < 4.78 is 4.21. The standard InChI is InChI=1S/C21H21ClN6/c1-3-26(4-2)11-12-27-17-8-6-5-7-15(17)19-20(27)16-10-9-14(22)13-18(16)28-21(19)23-24-25-28/h5-10,13H,3-4,11-12H2,1-2H3. The van der Waals surface area contributed by atoms with Crippen LogP contribution in [-0.4, -0.2) is 49.1 Å². The number of rotatable bonds is 5. The highest BCUT2D eigenvalue weighted by atomic mass is 35.5. The van der Waals surface area contributed by atoms with Gasteiger partial charge in [-0.1, -0.05) is 43.6 Å². The minimum absolute atomic E-state index is 0.675. The second-order valence-corrected chi connectivity index (χ2v) is 7.43. The highest BCUT2D eigenvalue weighted by Gasteiger charge is 2.20. The summed E-state index contributed by atoms with van der Waals surface area (Å²) in [7, 11) is 0. The molecule has 0 atom stereocenters. The van der Waals surface area contributed by atoms with Crippen molar-refractivity contribution in [2.24, 2.45) is 0 Å². The van der Waals surface area contributed by atoms with Crippen molar-refractivity contribution < 1.29 is 0 Å². The second kappa shape index (κ2) is 6.72. The summed E-state index contributed by atoms with van der Waals surface area (Å²) >= 11 is 6.30. The molecule has 0 N–H and O–H groups in total. The van der Waals surface area contributed by atoms with Gasteiger partial charge in [-0.15, -0.1) is 5.10 Å². The lowest BCUT2D eigenvalue weighted by Gasteiger charge is -2.19. The van der Waals surface area contributed by atoms with Crippen molar-refractivity contribution in [1.29, 1.82) is 0 Å². The zero-order valence-electron chi connectivity index (χ0n) is 15.9. The third-order valence-corrected chi connectivity index (χ3v) is 5.88. The molecule has 2 aromatic carbocycles. The maximum absolute atomic E-state index is 6.30. The number of para-hydroxylation sites is 1. The number of tetrazole rings is 1. The number of halogens is 1. The average molecular weight is 393 g/mol. The van der Waals surface area contributed by atoms with Crippen molar-refractivity contribution in [3.63, 3.8) is 0 Å². The highest BCUT2D eigenvalue weighted by Crippen LogP contribution is 2.37. The smallest absolute Gasteiger partial charge is 0.189 e. The van der Waals surface area contributed by atoms with Crippen molar-refractivity contribution in [1.82, 2.24) is 29.5 Å². The van der Waals surface area contributed by atoms with Crippen molar-refractivity contribution in [2.75, 3.05) is 19.6 Å². The molecule has 0 saturated heterocycles. The lowest BCUT2D eigenvalue weighted by Crippen LogP contribution is -2.27. The number of aromatic nitrogens is 5. The fourth-order valence-electron chi connectivity index (χ4n) is 4.21. The first kappa shape index (κ1) is 17.4. The molecule has 3 heterocycles. The van der Waals surface area contributed by atoms with Crippen molar-refractivity contribution in [2.45, 2.75) is 20.4 Å². The number of pyridine rings is 1. The van der Waals surface area contributed by atoms with Crippen LogP contribution in [0.5, 0.6) is 0 Å². The predicted octanol–water partition coefficient (Wildman–Crippen LogP) is 4.38. The molecule has 0 spiro atoms. The van der Waals surface area contributed by atoms with Gasteiger partial charge in [-0.05, 0) is 47.8 Å². The van der Waals surface area contributed by atoms with E-state index in [1.54, 1.807) is 4.52 Å². The molecule has 28 heavy (non-hydrogen) atoms. The van der Waals surface area contributed by atoms with Gasteiger partial charge in [0.25, 0.3) is 0 Å². The van der Waals surface area contributed by atoms with E-state index in [4.69, 9.17) is 11.6 Å². The molecule has 5 rings (SSSR count). The highest BCUT2D eigenvalue weighted by molar-refractivity contribution is 6.32. The zero-order valence-corrected chi connectivity index (χ0v) is 16.7. The van der Waals surface area contributed by atoms with Gasteiger partial charge in [0.1, 0.15) is 0 Å². The Labute approximate surface area is 167 Å². The first-order valence-electron chi connectivity index (χ1n) is 9.65. The molecule has 6 nitrogen and oxygen atoms in total. The molecular formula is C21H21ClN6. The zero-order chi connectivity index (χ0) is 19.3. The Balaban J connectivity index is 1.92. The molecule has 7 heteroatoms. The van der Waals surface area contributed by atoms with E-state index in [0.717, 1.165) is 48.1 Å². The van der Waals surface area contributed by atoms with Crippen LogP contribution < -0.4 is 0 Å². The van der Waals surface area contributed by atoms with Crippen LogP contribution in [0.15, 0.2) is 42.5 Å². The molecule has 3 aromatic heterocycles. The summed E-state index contributed by atoms with van der Waals surface area (Å²) in [5.41, 5.74) is 4.06. The molecular weight excluding hydrogens is 372 g/mol. The third kappa shape index (κ3) is 2.48. The Hall–Kier alpha value is -2.70. The van der Waals surface area contributed by atoms with Crippen molar-refractivity contribution >= 4 is 50.0 Å². The van der Waals surface area contributed by atoms with Crippen molar-refractivity contribution in [3.8, 4) is 0 Å². The number of hydrogen-bond donors (Lipinski definition) is 0. The van der Waals surface area contributed by atoms with Crippen LogP contribution in [0.2, 0.25) is 5.02 Å². The number of hydrogen-bond acceptors (Lipinski definition) is 4. The summed E-state index contributed by atoms with van der Waals surface area (Å²) in [5.74, 6) is 0. The van der Waals surface area contributed by atoms with Crippen LogP contribution in [0, 0.1) is 0 Å². The molecule has 0 radical (unpaired) electrons. The molecule has 0 amide bonds. The van der Waals surface area contributed by atoms with Gasteiger partial charge in [-0.3, -0.25) is 0 Å². The molecule has 0 saturated carbocycles. The molecule has 0 aliphatic carbocycles. The fraction of sp³-hybridized carbons (Fsp3) is 0.286. The van der Waals surface area contributed by atoms with Gasteiger partial charge in [0.05, 0.1) is 16.4 Å². The van der Waals surface area contributed by atoms with E-state index in [1.807, 2.05) is 12.1 Å². The second-order valence-electron chi connectivity index (χ2n) is 7.00. The molecule has 0 fully saturated rings. The van der Waals surface area contributed by atoms with E-state index < -0.39 is 0 Å². The van der Waals surface area contributed by atoms with Gasteiger partial charge in [0.15, 0.2) is 5.65 Å². The first-order valence-corrected chi connectivity index (χ1v) is 10.0. The number of likely N-dealkylation sites (N-methyl/N-ethyl adjacent to an activating group) is 1. The number of benzene rings is 2. The van der Waals surface area contributed by atoms with E-state index in [0.29, 0.717) is 5.02 Å². The van der Waals surface area contributed by atoms with Gasteiger partial charge < -0.3 is 9.47 Å². The lowest BCUT2D eigenvalue weighted by atomic mass is 10.1. The van der Waals surface area contributed by atoms with Crippen LogP contribution in [-0.2, 0) is 6.54 Å². The monoisotopic (exact) mass is 392 g/mol. The Bertz CT molecular complexity index is 1310. The van der Waals surface area contributed by atoms with E-state index in [-0.39, 0.29) is 0 Å². The summed E-state index contributed by atoms with van der Waals surface area (Å²) in [4.78, 5) is 2.44. The van der Waals surface area contributed by atoms with Crippen LogP contribution in [0.25, 0.3) is 38.4 Å². The summed E-state index contributed by atoms with van der Waals surface area (Å²) in [6.45, 7) is 8.40. The summed E-state index contributed by atoms with van der Waals surface area (Å²) in [5, 5.41) is 16.6. The van der Waals surface area contributed by atoms with Gasteiger partial charge >= 0.3 is 0 Å². The van der Waals surface area contributed by atoms with Gasteiger partial charge in [0.2, 0.25) is 0 Å². The van der Waals surface area contributed by atoms with Crippen LogP contribution in [0.1, 0.15) is 13.8 Å².